The molecule has 41 heavy (non-hydrogen) atoms. The van der Waals surface area contributed by atoms with Crippen molar-refractivity contribution in [2.45, 2.75) is 31.1 Å². The van der Waals surface area contributed by atoms with Gasteiger partial charge in [0.05, 0.1) is 16.7 Å². The number of aromatic nitrogens is 2. The Balaban J connectivity index is 1.16. The molecular weight excluding hydrogens is 553 g/mol. The third-order valence-corrected chi connectivity index (χ3v) is 7.60. The normalized spacial score (nSPS) is 13.0. The highest BCUT2D eigenvalue weighted by molar-refractivity contribution is 7.99. The van der Waals surface area contributed by atoms with Crippen molar-refractivity contribution in [3.05, 3.63) is 81.9 Å². The third kappa shape index (κ3) is 5.82. The Kier molecular flexibility index (Phi) is 7.47. The molecule has 1 aromatic heterocycles. The van der Waals surface area contributed by atoms with Crippen LogP contribution in [0.3, 0.4) is 0 Å². The van der Waals surface area contributed by atoms with Gasteiger partial charge in [0, 0.05) is 31.1 Å². The molecule has 2 aliphatic heterocycles. The first-order chi connectivity index (χ1) is 19.9. The van der Waals surface area contributed by atoms with Crippen LogP contribution in [-0.2, 0) is 17.9 Å². The van der Waals surface area contributed by atoms with Crippen LogP contribution in [0.15, 0.2) is 64.5 Å². The smallest absolute Gasteiger partial charge is 0.262 e. The lowest BCUT2D eigenvalue weighted by atomic mass is 10.1. The minimum Gasteiger partial charge on any atom is -0.454 e. The summed E-state index contributed by atoms with van der Waals surface area (Å²) in [6.45, 7) is 0.764. The summed E-state index contributed by atoms with van der Waals surface area (Å²) >= 11 is 1.11. The molecule has 3 heterocycles. The van der Waals surface area contributed by atoms with Crippen LogP contribution in [0, 0.1) is 5.82 Å². The molecule has 12 heteroatoms. The van der Waals surface area contributed by atoms with Crippen LogP contribution in [0.2, 0.25) is 0 Å². The maximum Gasteiger partial charge on any atom is 0.262 e. The summed E-state index contributed by atoms with van der Waals surface area (Å²) in [5.74, 6) is 1.41. The zero-order chi connectivity index (χ0) is 28.3. The van der Waals surface area contributed by atoms with Crippen molar-refractivity contribution in [1.29, 1.82) is 0 Å². The number of nitrogens with zero attached hydrogens (tertiary/aromatic N) is 2. The number of ether oxygens (including phenoxy) is 4. The van der Waals surface area contributed by atoms with Crippen LogP contribution >= 0.6 is 11.8 Å². The fourth-order valence-electron chi connectivity index (χ4n) is 4.48. The number of fused-ring (bicyclic) bond motifs is 3. The molecule has 210 valence electrons. The van der Waals surface area contributed by atoms with E-state index in [1.807, 2.05) is 12.1 Å². The highest BCUT2D eigenvalue weighted by Crippen LogP contribution is 2.35. The van der Waals surface area contributed by atoms with Crippen molar-refractivity contribution in [3.8, 4) is 23.0 Å². The Labute approximate surface area is 237 Å². The van der Waals surface area contributed by atoms with Gasteiger partial charge in [-0.15, -0.1) is 0 Å². The molecule has 0 spiro atoms. The molecule has 1 N–H and O–H groups in total. The maximum atomic E-state index is 13.5. The largest absolute Gasteiger partial charge is 0.454 e. The van der Waals surface area contributed by atoms with Crippen LogP contribution in [-0.4, -0.2) is 40.6 Å². The molecule has 0 fully saturated rings. The van der Waals surface area contributed by atoms with E-state index in [1.54, 1.807) is 18.2 Å². The average molecular weight is 578 g/mol. The molecule has 4 aromatic rings. The Bertz CT molecular complexity index is 1710. The predicted molar refractivity (Wildman–Crippen MR) is 147 cm³/mol. The number of hydrogen-bond donors (Lipinski definition) is 1. The summed E-state index contributed by atoms with van der Waals surface area (Å²) in [5, 5.41) is 3.55. The second kappa shape index (κ2) is 11.5. The van der Waals surface area contributed by atoms with Gasteiger partial charge < -0.3 is 24.3 Å². The van der Waals surface area contributed by atoms with Gasteiger partial charge in [-0.05, 0) is 54.4 Å². The number of Topliss-reactive ketones (excluding diaryl/α,β-unsaturated/α-hetero) is 1. The summed E-state index contributed by atoms with van der Waals surface area (Å²) < 4.78 is 36.3. The lowest BCUT2D eigenvalue weighted by molar-refractivity contribution is -0.121. The minimum absolute atomic E-state index is 0.00977. The Morgan fingerprint density at radius 2 is 1.63 bits per heavy atom. The van der Waals surface area contributed by atoms with Crippen LogP contribution in [0.4, 0.5) is 4.39 Å². The number of carbonyl (C=O) groups excluding carboxylic acids is 2. The summed E-state index contributed by atoms with van der Waals surface area (Å²) in [6.07, 6.45) is 0.541. The molecule has 1 amide bonds. The number of halogens is 1. The zero-order valence-corrected chi connectivity index (χ0v) is 22.5. The number of amides is 1. The van der Waals surface area contributed by atoms with Crippen LogP contribution < -0.4 is 29.8 Å². The van der Waals surface area contributed by atoms with Crippen LogP contribution in [0.5, 0.6) is 23.0 Å². The quantitative estimate of drug-likeness (QED) is 0.169. The number of hydrogen-bond acceptors (Lipinski definition) is 9. The van der Waals surface area contributed by atoms with Gasteiger partial charge >= 0.3 is 0 Å². The molecule has 0 saturated carbocycles. The van der Waals surface area contributed by atoms with Gasteiger partial charge in [0.2, 0.25) is 19.5 Å². The average Bonchev–Trinajstić information content (AvgIpc) is 3.64. The van der Waals surface area contributed by atoms with E-state index in [1.165, 1.54) is 28.8 Å². The molecule has 10 nitrogen and oxygen atoms in total. The molecule has 0 aliphatic carbocycles. The molecule has 6 rings (SSSR count). The number of nitrogens with one attached hydrogen (secondary N) is 1. The second-order valence-electron chi connectivity index (χ2n) is 9.36. The first kappa shape index (κ1) is 26.6. The van der Waals surface area contributed by atoms with Gasteiger partial charge in [-0.25, -0.2) is 9.37 Å². The number of ketones is 1. The van der Waals surface area contributed by atoms with Gasteiger partial charge in [-0.2, -0.15) is 0 Å². The Hall–Kier alpha value is -4.58. The number of carbonyl (C=O) groups is 2. The molecular formula is C29H24FN3O7S. The minimum atomic E-state index is -0.433. The summed E-state index contributed by atoms with van der Waals surface area (Å²) in [5.41, 5.74) is 1.33. The van der Waals surface area contributed by atoms with E-state index < -0.39 is 5.82 Å². The molecule has 0 atom stereocenters. The fourth-order valence-corrected chi connectivity index (χ4v) is 5.40. The monoisotopic (exact) mass is 577 g/mol. The Morgan fingerprint density at radius 3 is 2.41 bits per heavy atom. The highest BCUT2D eigenvalue weighted by Gasteiger charge is 2.20. The molecule has 0 unspecified atom stereocenters. The molecule has 2 aliphatic rings. The molecule has 0 saturated heterocycles. The van der Waals surface area contributed by atoms with Crippen LogP contribution in [0.25, 0.3) is 10.9 Å². The van der Waals surface area contributed by atoms with Gasteiger partial charge in [-0.1, -0.05) is 17.8 Å². The zero-order valence-electron chi connectivity index (χ0n) is 21.7. The highest BCUT2D eigenvalue weighted by atomic mass is 32.2. The fraction of sp³-hybridized carbons (Fsp3) is 0.241. The van der Waals surface area contributed by atoms with E-state index in [9.17, 15) is 18.8 Å². The van der Waals surface area contributed by atoms with Gasteiger partial charge in [0.25, 0.3) is 5.56 Å². The second-order valence-corrected chi connectivity index (χ2v) is 10.3. The number of benzene rings is 3. The first-order valence-electron chi connectivity index (χ1n) is 12.9. The SMILES string of the molecule is O=C(CCCn1c(SCC(=O)c2ccc(F)cc2)nc2cc3c(cc2c1=O)OCO3)NCc1ccc2c(c1)OCO2. The van der Waals surface area contributed by atoms with Crippen molar-refractivity contribution in [2.24, 2.45) is 0 Å². The lowest BCUT2D eigenvalue weighted by Crippen LogP contribution is -2.26. The topological polar surface area (TPSA) is 118 Å². The summed E-state index contributed by atoms with van der Waals surface area (Å²) in [7, 11) is 0. The van der Waals surface area contributed by atoms with E-state index >= 15 is 0 Å². The maximum absolute atomic E-state index is 13.5. The van der Waals surface area contributed by atoms with Crippen molar-refractivity contribution in [3.63, 3.8) is 0 Å². The number of rotatable bonds is 10. The van der Waals surface area contributed by atoms with E-state index in [0.717, 1.165) is 17.3 Å². The lowest BCUT2D eigenvalue weighted by Gasteiger charge is -2.13. The Morgan fingerprint density at radius 1 is 0.927 bits per heavy atom. The summed E-state index contributed by atoms with van der Waals surface area (Å²) in [4.78, 5) is 43.5. The number of thioether (sulfide) groups is 1. The first-order valence-corrected chi connectivity index (χ1v) is 13.8. The van der Waals surface area contributed by atoms with E-state index in [4.69, 9.17) is 18.9 Å². The van der Waals surface area contributed by atoms with Crippen molar-refractivity contribution < 1.29 is 32.9 Å². The molecule has 0 bridgehead atoms. The van der Waals surface area contributed by atoms with E-state index in [2.05, 4.69) is 10.3 Å². The van der Waals surface area contributed by atoms with Gasteiger partial charge in [0.15, 0.2) is 33.9 Å². The summed E-state index contributed by atoms with van der Waals surface area (Å²) in [6, 6.07) is 14.0. The van der Waals surface area contributed by atoms with Gasteiger partial charge in [0.1, 0.15) is 5.82 Å². The van der Waals surface area contributed by atoms with E-state index in [-0.39, 0.29) is 49.6 Å². The van der Waals surface area contributed by atoms with E-state index in [0.29, 0.717) is 57.6 Å². The molecule has 0 radical (unpaired) electrons. The van der Waals surface area contributed by atoms with Crippen LogP contribution in [0.1, 0.15) is 28.8 Å². The molecule has 3 aromatic carbocycles. The standard InChI is InChI=1S/C29H24FN3O7S/c30-19-6-4-18(5-7-19)22(34)14-41-29-32-21-12-26-25(39-16-40-26)11-20(21)28(36)33(29)9-1-2-27(35)31-13-17-3-8-23-24(10-17)38-15-37-23/h3-8,10-12H,1-2,9,13-16H2,(H,31,35). The third-order valence-electron chi connectivity index (χ3n) is 6.62. The van der Waals surface area contributed by atoms with Crippen molar-refractivity contribution in [2.75, 3.05) is 19.3 Å². The van der Waals surface area contributed by atoms with Crippen molar-refractivity contribution in [1.82, 2.24) is 14.9 Å². The van der Waals surface area contributed by atoms with Crippen molar-refractivity contribution >= 4 is 34.4 Å². The predicted octanol–water partition coefficient (Wildman–Crippen LogP) is 4.06. The van der Waals surface area contributed by atoms with Gasteiger partial charge in [-0.3, -0.25) is 19.0 Å².